The molecule has 0 unspecified atom stereocenters. The van der Waals surface area contributed by atoms with Gasteiger partial charge in [0, 0.05) is 38.9 Å². The number of nitrogens with zero attached hydrogens (tertiary/aromatic N) is 4. The molecule has 0 saturated heterocycles. The number of fused-ring (bicyclic) bond motifs is 1. The number of carbonyl (C=O) groups is 5. The fourth-order valence-corrected chi connectivity index (χ4v) is 5.13. The molecule has 2 aromatic rings. The Hall–Kier alpha value is -4.29. The van der Waals surface area contributed by atoms with Crippen molar-refractivity contribution in [1.29, 1.82) is 0 Å². The first kappa shape index (κ1) is 35.2. The van der Waals surface area contributed by atoms with Crippen LogP contribution < -0.4 is 21.3 Å². The Bertz CT molecular complexity index is 1330. The minimum Gasteiger partial charge on any atom is -0.353 e. The van der Waals surface area contributed by atoms with Gasteiger partial charge in [-0.1, -0.05) is 58.0 Å². The smallest absolute Gasteiger partial charge is 0.243 e. The minimum atomic E-state index is -0.951. The maximum absolute atomic E-state index is 13.8. The number of hydrogen-bond donors (Lipinski definition) is 4. The average molecular weight is 625 g/mol. The highest BCUT2D eigenvalue weighted by atomic mass is 16.2. The van der Waals surface area contributed by atoms with Gasteiger partial charge >= 0.3 is 0 Å². The molecule has 1 aliphatic heterocycles. The second-order valence-corrected chi connectivity index (χ2v) is 12.4. The van der Waals surface area contributed by atoms with Crippen molar-refractivity contribution >= 4 is 29.5 Å². The number of benzene rings is 1. The van der Waals surface area contributed by atoms with E-state index in [4.69, 9.17) is 0 Å². The largest absolute Gasteiger partial charge is 0.353 e. The molecule has 13 heteroatoms. The molecular formula is C32H48N8O5. The monoisotopic (exact) mass is 624 g/mol. The van der Waals surface area contributed by atoms with Crippen molar-refractivity contribution in [3.05, 3.63) is 47.5 Å². The molecule has 0 bridgehead atoms. The molecule has 13 nitrogen and oxygen atoms in total. The van der Waals surface area contributed by atoms with Gasteiger partial charge in [0.05, 0.1) is 6.04 Å². The van der Waals surface area contributed by atoms with Crippen molar-refractivity contribution in [3.63, 3.8) is 0 Å². The Morgan fingerprint density at radius 3 is 2.33 bits per heavy atom. The number of rotatable bonds is 5. The first-order valence-electron chi connectivity index (χ1n) is 15.7. The highest BCUT2D eigenvalue weighted by Crippen LogP contribution is 2.21. The molecule has 0 aliphatic carbocycles. The molecule has 45 heavy (non-hydrogen) atoms. The lowest BCUT2D eigenvalue weighted by atomic mass is 10.0. The summed E-state index contributed by atoms with van der Waals surface area (Å²) in [5.41, 5.74) is 0.845. The predicted molar refractivity (Wildman–Crippen MR) is 168 cm³/mol. The van der Waals surface area contributed by atoms with E-state index in [1.165, 1.54) is 4.68 Å². The summed E-state index contributed by atoms with van der Waals surface area (Å²) < 4.78 is 1.48. The number of nitrogens with one attached hydrogen (secondary N) is 4. The van der Waals surface area contributed by atoms with E-state index in [0.29, 0.717) is 31.0 Å². The van der Waals surface area contributed by atoms with Crippen LogP contribution in [-0.2, 0) is 36.9 Å². The average Bonchev–Trinajstić information content (AvgIpc) is 3.32. The summed E-state index contributed by atoms with van der Waals surface area (Å²) in [6, 6.07) is 6.86. The quantitative estimate of drug-likeness (QED) is 0.390. The SMILES string of the molecule is Cc1nc2n(n1)CC(=O)NCCN(C(=O)CC(C)C)CCCC(=O)N[C@@H](C)C(=O)N[C@H](Cc1ccccc1)C(=O)N[C@H]2C(C)C. The van der Waals surface area contributed by atoms with Crippen LogP contribution in [-0.4, -0.2) is 80.9 Å². The van der Waals surface area contributed by atoms with E-state index in [0.717, 1.165) is 5.56 Å². The molecule has 0 fully saturated rings. The molecule has 5 amide bonds. The first-order valence-corrected chi connectivity index (χ1v) is 15.7. The van der Waals surface area contributed by atoms with Gasteiger partial charge in [-0.05, 0) is 37.7 Å². The van der Waals surface area contributed by atoms with Crippen LogP contribution in [0.3, 0.4) is 0 Å². The second kappa shape index (κ2) is 16.7. The zero-order valence-electron chi connectivity index (χ0n) is 27.3. The van der Waals surface area contributed by atoms with Gasteiger partial charge in [0.2, 0.25) is 29.5 Å². The molecule has 246 valence electrons. The molecule has 1 aromatic heterocycles. The topological polar surface area (TPSA) is 167 Å². The maximum Gasteiger partial charge on any atom is 0.243 e. The van der Waals surface area contributed by atoms with Gasteiger partial charge in [-0.3, -0.25) is 24.0 Å². The normalized spacial score (nSPS) is 21.4. The van der Waals surface area contributed by atoms with E-state index < -0.39 is 29.9 Å². The van der Waals surface area contributed by atoms with Crippen LogP contribution in [0.1, 0.15) is 77.1 Å². The van der Waals surface area contributed by atoms with Gasteiger partial charge in [0.25, 0.3) is 0 Å². The van der Waals surface area contributed by atoms with E-state index >= 15 is 0 Å². The predicted octanol–water partition coefficient (Wildman–Crippen LogP) is 1.42. The summed E-state index contributed by atoms with van der Waals surface area (Å²) in [7, 11) is 0. The van der Waals surface area contributed by atoms with Crippen LogP contribution in [0.2, 0.25) is 0 Å². The van der Waals surface area contributed by atoms with Crippen LogP contribution in [0.4, 0.5) is 0 Å². The van der Waals surface area contributed by atoms with E-state index in [9.17, 15) is 24.0 Å². The van der Waals surface area contributed by atoms with E-state index in [1.54, 1.807) is 18.7 Å². The lowest BCUT2D eigenvalue weighted by Gasteiger charge is -2.27. The van der Waals surface area contributed by atoms with Gasteiger partial charge in [-0.2, -0.15) is 5.10 Å². The Labute approximate surface area is 265 Å². The van der Waals surface area contributed by atoms with E-state index in [-0.39, 0.29) is 62.0 Å². The molecule has 3 rings (SSSR count). The summed E-state index contributed by atoms with van der Waals surface area (Å²) in [6.07, 6.45) is 1.06. The molecule has 2 heterocycles. The van der Waals surface area contributed by atoms with Crippen molar-refractivity contribution in [2.45, 2.75) is 91.9 Å². The number of carbonyl (C=O) groups excluding carboxylic acids is 5. The fourth-order valence-electron chi connectivity index (χ4n) is 5.13. The lowest BCUT2D eigenvalue weighted by Crippen LogP contribution is -2.54. The Morgan fingerprint density at radius 1 is 0.956 bits per heavy atom. The summed E-state index contributed by atoms with van der Waals surface area (Å²) in [5, 5.41) is 15.8. The minimum absolute atomic E-state index is 0.0521. The summed E-state index contributed by atoms with van der Waals surface area (Å²) in [5.74, 6) is -0.753. The summed E-state index contributed by atoms with van der Waals surface area (Å²) in [4.78, 5) is 71.9. The molecule has 0 spiro atoms. The van der Waals surface area contributed by atoms with Crippen molar-refractivity contribution in [3.8, 4) is 0 Å². The number of amides is 5. The first-order chi connectivity index (χ1) is 21.3. The van der Waals surface area contributed by atoms with Crippen LogP contribution >= 0.6 is 0 Å². The zero-order chi connectivity index (χ0) is 33.1. The zero-order valence-corrected chi connectivity index (χ0v) is 27.3. The molecule has 0 radical (unpaired) electrons. The van der Waals surface area contributed by atoms with Crippen molar-refractivity contribution in [2.75, 3.05) is 19.6 Å². The van der Waals surface area contributed by atoms with E-state index in [2.05, 4.69) is 31.3 Å². The fraction of sp³-hybridized carbons (Fsp3) is 0.594. The molecule has 3 atom stereocenters. The number of aryl methyl sites for hydroxylation is 1. The second-order valence-electron chi connectivity index (χ2n) is 12.4. The van der Waals surface area contributed by atoms with Gasteiger partial charge in [-0.15, -0.1) is 0 Å². The summed E-state index contributed by atoms with van der Waals surface area (Å²) in [6.45, 7) is 11.8. The molecule has 4 N–H and O–H groups in total. The number of hydrogen-bond acceptors (Lipinski definition) is 7. The van der Waals surface area contributed by atoms with Crippen molar-refractivity contribution in [1.82, 2.24) is 40.9 Å². The van der Waals surface area contributed by atoms with Gasteiger partial charge in [0.1, 0.15) is 24.5 Å². The molecule has 1 aromatic carbocycles. The van der Waals surface area contributed by atoms with Crippen LogP contribution in [0.15, 0.2) is 30.3 Å². The standard InChI is InChI=1S/C32H48N8O5/c1-20(2)17-28(43)39-15-10-13-26(41)34-22(5)31(44)36-25(18-24-11-8-7-9-12-24)32(45)37-29(21(3)4)30-35-23(6)38-40(30)19-27(42)33-14-16-39/h7-9,11-12,20-22,25,29H,10,13-19H2,1-6H3,(H,33,42)(H,34,41)(H,36,44)(H,37,45)/t22-,25+,29-/m0/s1. The van der Waals surface area contributed by atoms with Crippen LogP contribution in [0, 0.1) is 18.8 Å². The van der Waals surface area contributed by atoms with Crippen LogP contribution in [0.5, 0.6) is 0 Å². The van der Waals surface area contributed by atoms with E-state index in [1.807, 2.05) is 58.0 Å². The Balaban J connectivity index is 1.92. The highest BCUT2D eigenvalue weighted by molar-refractivity contribution is 5.92. The third kappa shape index (κ3) is 11.0. The Kier molecular flexibility index (Phi) is 13.1. The molecule has 1 aliphatic rings. The third-order valence-electron chi connectivity index (χ3n) is 7.50. The van der Waals surface area contributed by atoms with Gasteiger partial charge < -0.3 is 26.2 Å². The summed E-state index contributed by atoms with van der Waals surface area (Å²) >= 11 is 0. The molecular weight excluding hydrogens is 576 g/mol. The molecule has 0 saturated carbocycles. The van der Waals surface area contributed by atoms with Crippen molar-refractivity contribution in [2.24, 2.45) is 11.8 Å². The van der Waals surface area contributed by atoms with Crippen molar-refractivity contribution < 1.29 is 24.0 Å². The Morgan fingerprint density at radius 2 is 1.67 bits per heavy atom. The number of aromatic nitrogens is 3. The lowest BCUT2D eigenvalue weighted by molar-refractivity contribution is -0.133. The van der Waals surface area contributed by atoms with Gasteiger partial charge in [0.15, 0.2) is 5.82 Å². The maximum atomic E-state index is 13.8. The highest BCUT2D eigenvalue weighted by Gasteiger charge is 2.31. The van der Waals surface area contributed by atoms with Crippen LogP contribution in [0.25, 0.3) is 0 Å². The third-order valence-corrected chi connectivity index (χ3v) is 7.50. The van der Waals surface area contributed by atoms with Gasteiger partial charge in [-0.25, -0.2) is 9.67 Å².